The Morgan fingerprint density at radius 3 is 2.33 bits per heavy atom. The van der Waals surface area contributed by atoms with E-state index in [9.17, 15) is 0 Å². The molecular weight excluding hydrogens is 144 g/mol. The minimum atomic E-state index is 0.427. The molecular formula is C12H18. The number of fused-ring (bicyclic) bond motifs is 1. The minimum Gasteiger partial charge on any atom is -0.0769 e. The molecule has 0 radical (unpaired) electrons. The third-order valence-electron chi connectivity index (χ3n) is 4.17. The highest BCUT2D eigenvalue weighted by Crippen LogP contribution is 2.66. The van der Waals surface area contributed by atoms with Gasteiger partial charge in [0.15, 0.2) is 0 Å². The topological polar surface area (TPSA) is 0 Å². The van der Waals surface area contributed by atoms with Crippen molar-refractivity contribution >= 4 is 0 Å². The van der Waals surface area contributed by atoms with Crippen LogP contribution in [-0.4, -0.2) is 0 Å². The van der Waals surface area contributed by atoms with E-state index in [2.05, 4.69) is 45.9 Å². The predicted octanol–water partition coefficient (Wildman–Crippen LogP) is 3.55. The normalized spacial score (nSPS) is 36.2. The smallest absolute Gasteiger partial charge is 0.00336 e. The average Bonchev–Trinajstić information content (AvgIpc) is 2.04. The minimum absolute atomic E-state index is 0.427. The van der Waals surface area contributed by atoms with Crippen LogP contribution >= 0.6 is 0 Å². The molecule has 2 bridgehead atoms. The summed E-state index contributed by atoms with van der Waals surface area (Å²) in [6.07, 6.45) is 8.26. The van der Waals surface area contributed by atoms with Crippen LogP contribution in [0, 0.1) is 16.7 Å². The van der Waals surface area contributed by atoms with Crippen molar-refractivity contribution in [3.8, 4) is 0 Å². The first-order valence-corrected chi connectivity index (χ1v) is 4.89. The summed E-state index contributed by atoms with van der Waals surface area (Å²) in [7, 11) is 0. The zero-order valence-corrected chi connectivity index (χ0v) is 8.52. The van der Waals surface area contributed by atoms with Gasteiger partial charge in [0.05, 0.1) is 0 Å². The van der Waals surface area contributed by atoms with E-state index in [1.807, 2.05) is 0 Å². The van der Waals surface area contributed by atoms with E-state index < -0.39 is 0 Å². The molecule has 1 unspecified atom stereocenters. The molecule has 12 heavy (non-hydrogen) atoms. The molecule has 0 aromatic carbocycles. The van der Waals surface area contributed by atoms with Crippen LogP contribution in [0.15, 0.2) is 23.8 Å². The van der Waals surface area contributed by atoms with Crippen LogP contribution in [0.25, 0.3) is 0 Å². The lowest BCUT2D eigenvalue weighted by atomic mass is 9.43. The Balaban J connectivity index is 2.42. The van der Waals surface area contributed by atoms with Gasteiger partial charge in [-0.25, -0.2) is 0 Å². The molecule has 1 fully saturated rings. The quantitative estimate of drug-likeness (QED) is 0.553. The Bertz CT molecular complexity index is 266. The molecule has 1 saturated carbocycles. The van der Waals surface area contributed by atoms with Crippen molar-refractivity contribution in [2.24, 2.45) is 16.7 Å². The van der Waals surface area contributed by atoms with Crippen molar-refractivity contribution in [3.05, 3.63) is 23.8 Å². The monoisotopic (exact) mass is 162 g/mol. The zero-order chi connectivity index (χ0) is 8.98. The highest BCUT2D eigenvalue weighted by Gasteiger charge is 2.57. The van der Waals surface area contributed by atoms with Gasteiger partial charge in [0.1, 0.15) is 0 Å². The summed E-state index contributed by atoms with van der Waals surface area (Å²) in [5.41, 5.74) is 2.53. The molecule has 3 rings (SSSR count). The molecule has 0 amide bonds. The highest BCUT2D eigenvalue weighted by atomic mass is 14.6. The van der Waals surface area contributed by atoms with Gasteiger partial charge >= 0.3 is 0 Å². The predicted molar refractivity (Wildman–Crippen MR) is 52.9 cm³/mol. The molecule has 0 spiro atoms. The van der Waals surface area contributed by atoms with Crippen molar-refractivity contribution in [1.82, 2.24) is 0 Å². The lowest BCUT2D eigenvalue weighted by Gasteiger charge is -2.61. The van der Waals surface area contributed by atoms with Gasteiger partial charge in [-0.3, -0.25) is 0 Å². The van der Waals surface area contributed by atoms with Crippen molar-refractivity contribution in [2.75, 3.05) is 0 Å². The Labute approximate surface area is 75.4 Å². The van der Waals surface area contributed by atoms with E-state index in [1.54, 1.807) is 5.57 Å². The first-order chi connectivity index (χ1) is 5.51. The van der Waals surface area contributed by atoms with Crippen molar-refractivity contribution in [2.45, 2.75) is 34.1 Å². The summed E-state index contributed by atoms with van der Waals surface area (Å²) in [5, 5.41) is 0. The van der Waals surface area contributed by atoms with Gasteiger partial charge in [0.2, 0.25) is 0 Å². The number of rotatable bonds is 1. The van der Waals surface area contributed by atoms with E-state index in [4.69, 9.17) is 0 Å². The summed E-state index contributed by atoms with van der Waals surface area (Å²) in [5.74, 6) is 0.765. The van der Waals surface area contributed by atoms with Crippen LogP contribution in [0.2, 0.25) is 0 Å². The van der Waals surface area contributed by atoms with Crippen LogP contribution in [0.3, 0.4) is 0 Å². The second kappa shape index (κ2) is 2.04. The molecule has 0 aliphatic heterocycles. The summed E-state index contributed by atoms with van der Waals surface area (Å²) in [6, 6.07) is 0. The third-order valence-corrected chi connectivity index (χ3v) is 4.17. The molecule has 0 N–H and O–H groups in total. The van der Waals surface area contributed by atoms with Crippen molar-refractivity contribution in [3.63, 3.8) is 0 Å². The van der Waals surface area contributed by atoms with E-state index >= 15 is 0 Å². The number of hydrogen-bond donors (Lipinski definition) is 0. The van der Waals surface area contributed by atoms with E-state index in [0.717, 1.165) is 5.92 Å². The maximum atomic E-state index is 2.42. The van der Waals surface area contributed by atoms with Gasteiger partial charge < -0.3 is 0 Å². The molecule has 0 nitrogen and oxygen atoms in total. The van der Waals surface area contributed by atoms with Gasteiger partial charge in [-0.05, 0) is 17.8 Å². The maximum Gasteiger partial charge on any atom is 0.00336 e. The zero-order valence-electron chi connectivity index (χ0n) is 8.52. The summed E-state index contributed by atoms with van der Waals surface area (Å²) in [6.45, 7) is 9.44. The molecule has 1 atom stereocenters. The molecule has 0 aromatic rings. The lowest BCUT2D eigenvalue weighted by Crippen LogP contribution is -2.52. The Morgan fingerprint density at radius 2 is 2.00 bits per heavy atom. The highest BCUT2D eigenvalue weighted by molar-refractivity contribution is 5.42. The molecule has 3 aliphatic carbocycles. The number of hydrogen-bond acceptors (Lipinski definition) is 0. The van der Waals surface area contributed by atoms with Gasteiger partial charge in [0, 0.05) is 5.41 Å². The summed E-state index contributed by atoms with van der Waals surface area (Å²) < 4.78 is 0. The van der Waals surface area contributed by atoms with Crippen LogP contribution in [0.1, 0.15) is 34.1 Å². The third kappa shape index (κ3) is 0.646. The first-order valence-electron chi connectivity index (χ1n) is 4.89. The summed E-state index contributed by atoms with van der Waals surface area (Å²) >= 11 is 0. The number of allylic oxidation sites excluding steroid dienone is 4. The molecule has 0 heteroatoms. The molecule has 0 saturated heterocycles. The fourth-order valence-electron chi connectivity index (χ4n) is 2.94. The lowest BCUT2D eigenvalue weighted by molar-refractivity contribution is 0.0216. The van der Waals surface area contributed by atoms with E-state index in [1.165, 1.54) is 6.42 Å². The van der Waals surface area contributed by atoms with Gasteiger partial charge in [-0.15, -0.1) is 0 Å². The SMILES string of the molecule is CC(C)C12C=CC=C(C1)C2(C)C. The summed E-state index contributed by atoms with van der Waals surface area (Å²) in [4.78, 5) is 0. The Kier molecular flexibility index (Phi) is 1.38. The van der Waals surface area contributed by atoms with E-state index in [0.29, 0.717) is 10.8 Å². The largest absolute Gasteiger partial charge is 0.0769 e. The molecule has 3 aliphatic rings. The Morgan fingerprint density at radius 1 is 1.33 bits per heavy atom. The van der Waals surface area contributed by atoms with Gasteiger partial charge in [-0.1, -0.05) is 51.5 Å². The first kappa shape index (κ1) is 8.10. The average molecular weight is 162 g/mol. The molecule has 66 valence electrons. The second-order valence-electron chi connectivity index (χ2n) is 5.05. The molecule has 0 aromatic heterocycles. The standard InChI is InChI=1S/C12H18/c1-9(2)12-7-5-6-10(8-12)11(12,3)4/h5-7,9H,8H2,1-4H3. The van der Waals surface area contributed by atoms with Crippen LogP contribution < -0.4 is 0 Å². The van der Waals surface area contributed by atoms with Crippen LogP contribution in [0.4, 0.5) is 0 Å². The van der Waals surface area contributed by atoms with E-state index in [-0.39, 0.29) is 0 Å². The second-order valence-corrected chi connectivity index (χ2v) is 5.05. The fraction of sp³-hybridized carbons (Fsp3) is 0.667. The van der Waals surface area contributed by atoms with Crippen LogP contribution in [-0.2, 0) is 0 Å². The van der Waals surface area contributed by atoms with Gasteiger partial charge in [0.25, 0.3) is 0 Å². The maximum absolute atomic E-state index is 2.42. The van der Waals surface area contributed by atoms with Crippen LogP contribution in [0.5, 0.6) is 0 Å². The van der Waals surface area contributed by atoms with Crippen molar-refractivity contribution in [1.29, 1.82) is 0 Å². The fourth-order valence-corrected chi connectivity index (χ4v) is 2.94. The molecule has 0 heterocycles. The Hall–Kier alpha value is -0.520. The van der Waals surface area contributed by atoms with Crippen molar-refractivity contribution < 1.29 is 0 Å². The van der Waals surface area contributed by atoms with Gasteiger partial charge in [-0.2, -0.15) is 0 Å².